The van der Waals surface area contributed by atoms with Gasteiger partial charge < -0.3 is 19.1 Å². The molecular formula is C20H24ClNO4. The second-order valence-corrected chi connectivity index (χ2v) is 5.99. The molecule has 0 unspecified atom stereocenters. The molecule has 2 rings (SSSR count). The minimum absolute atomic E-state index is 0.103. The maximum Gasteiger partial charge on any atom is 0.253 e. The van der Waals surface area contributed by atoms with Crippen LogP contribution in [0.4, 0.5) is 0 Å². The highest BCUT2D eigenvalue weighted by atomic mass is 35.5. The quantitative estimate of drug-likeness (QED) is 0.654. The lowest BCUT2D eigenvalue weighted by molar-refractivity contribution is 0.0773. The number of rotatable bonds is 9. The zero-order valence-corrected chi connectivity index (χ0v) is 16.1. The van der Waals surface area contributed by atoms with Crippen LogP contribution >= 0.6 is 11.6 Å². The molecule has 0 aliphatic heterocycles. The van der Waals surface area contributed by atoms with Gasteiger partial charge in [0.15, 0.2) is 11.5 Å². The molecule has 0 N–H and O–H groups in total. The first-order valence-electron chi connectivity index (χ1n) is 8.58. The summed E-state index contributed by atoms with van der Waals surface area (Å²) in [5.41, 5.74) is 0.547. The summed E-state index contributed by atoms with van der Waals surface area (Å²) in [5.74, 6) is 1.83. The summed E-state index contributed by atoms with van der Waals surface area (Å²) < 4.78 is 16.7. The van der Waals surface area contributed by atoms with Crippen molar-refractivity contribution in [2.45, 2.75) is 13.8 Å². The van der Waals surface area contributed by atoms with Gasteiger partial charge in [-0.1, -0.05) is 11.6 Å². The van der Waals surface area contributed by atoms with Crippen LogP contribution in [-0.4, -0.2) is 44.2 Å². The average Bonchev–Trinajstić information content (AvgIpc) is 2.64. The number of ether oxygens (including phenoxy) is 3. The minimum atomic E-state index is -0.103. The van der Waals surface area contributed by atoms with Crippen molar-refractivity contribution in [1.29, 1.82) is 0 Å². The van der Waals surface area contributed by atoms with E-state index in [-0.39, 0.29) is 5.91 Å². The summed E-state index contributed by atoms with van der Waals surface area (Å²) in [7, 11) is 1.74. The predicted molar refractivity (Wildman–Crippen MR) is 103 cm³/mol. The molecule has 1 amide bonds. The van der Waals surface area contributed by atoms with E-state index >= 15 is 0 Å². The number of hydrogen-bond donors (Lipinski definition) is 0. The topological polar surface area (TPSA) is 48.0 Å². The van der Waals surface area contributed by atoms with Gasteiger partial charge in [0.25, 0.3) is 5.91 Å². The molecule has 140 valence electrons. The van der Waals surface area contributed by atoms with Crippen LogP contribution in [0.2, 0.25) is 5.02 Å². The number of nitrogens with zero attached hydrogens (tertiary/aromatic N) is 1. The third-order valence-electron chi connectivity index (χ3n) is 3.65. The summed E-state index contributed by atoms with van der Waals surface area (Å²) in [6.45, 7) is 5.68. The number of hydrogen-bond acceptors (Lipinski definition) is 4. The molecule has 0 fully saturated rings. The first-order chi connectivity index (χ1) is 12.5. The molecule has 5 nitrogen and oxygen atoms in total. The largest absolute Gasteiger partial charge is 0.492 e. The van der Waals surface area contributed by atoms with Crippen molar-refractivity contribution in [2.75, 3.05) is 33.4 Å². The van der Waals surface area contributed by atoms with Crippen LogP contribution in [0.5, 0.6) is 17.2 Å². The second-order valence-electron chi connectivity index (χ2n) is 5.56. The van der Waals surface area contributed by atoms with Crippen molar-refractivity contribution in [3.05, 3.63) is 53.1 Å². The lowest BCUT2D eigenvalue weighted by Gasteiger charge is -2.19. The number of carbonyl (C=O) groups excluding carboxylic acids is 1. The zero-order chi connectivity index (χ0) is 18.9. The molecule has 0 aliphatic carbocycles. The van der Waals surface area contributed by atoms with Crippen LogP contribution in [0.3, 0.4) is 0 Å². The first-order valence-corrected chi connectivity index (χ1v) is 8.96. The van der Waals surface area contributed by atoms with Gasteiger partial charge in [0.05, 0.1) is 19.8 Å². The Kier molecular flexibility index (Phi) is 7.60. The van der Waals surface area contributed by atoms with Crippen LogP contribution in [0, 0.1) is 0 Å². The Balaban J connectivity index is 1.96. The van der Waals surface area contributed by atoms with Crippen molar-refractivity contribution in [1.82, 2.24) is 4.90 Å². The summed E-state index contributed by atoms with van der Waals surface area (Å²) in [5, 5.41) is 0.658. The van der Waals surface area contributed by atoms with E-state index in [0.717, 1.165) is 5.75 Å². The van der Waals surface area contributed by atoms with E-state index < -0.39 is 0 Å². The Morgan fingerprint density at radius 3 is 2.27 bits per heavy atom. The summed E-state index contributed by atoms with van der Waals surface area (Å²) in [4.78, 5) is 14.2. The molecule has 0 atom stereocenters. The fourth-order valence-electron chi connectivity index (χ4n) is 2.34. The van der Waals surface area contributed by atoms with Crippen LogP contribution in [0.25, 0.3) is 0 Å². The number of halogens is 1. The molecule has 6 heteroatoms. The molecule has 0 aliphatic rings. The Morgan fingerprint density at radius 1 is 0.962 bits per heavy atom. The van der Waals surface area contributed by atoms with E-state index in [2.05, 4.69) is 0 Å². The van der Waals surface area contributed by atoms with Crippen molar-refractivity contribution in [3.63, 3.8) is 0 Å². The van der Waals surface area contributed by atoms with E-state index in [1.807, 2.05) is 13.8 Å². The first kappa shape index (κ1) is 19.9. The average molecular weight is 378 g/mol. The molecule has 0 spiro atoms. The van der Waals surface area contributed by atoms with E-state index in [0.29, 0.717) is 48.5 Å². The molecule has 2 aromatic rings. The van der Waals surface area contributed by atoms with E-state index in [1.54, 1.807) is 54.4 Å². The molecule has 26 heavy (non-hydrogen) atoms. The normalized spacial score (nSPS) is 10.3. The Labute approximate surface area is 159 Å². The molecule has 0 radical (unpaired) electrons. The number of benzene rings is 2. The SMILES string of the molecule is CCOc1ccc(C(=O)N(C)CCOc2ccc(Cl)cc2)cc1OCC. The highest BCUT2D eigenvalue weighted by molar-refractivity contribution is 6.30. The third-order valence-corrected chi connectivity index (χ3v) is 3.90. The molecule has 0 heterocycles. The van der Waals surface area contributed by atoms with Gasteiger partial charge in [-0.15, -0.1) is 0 Å². The van der Waals surface area contributed by atoms with Crippen molar-refractivity contribution < 1.29 is 19.0 Å². The molecule has 0 bridgehead atoms. The van der Waals surface area contributed by atoms with E-state index in [4.69, 9.17) is 25.8 Å². The predicted octanol–water partition coefficient (Wildman–Crippen LogP) is 4.29. The van der Waals surface area contributed by atoms with Gasteiger partial charge in [0.2, 0.25) is 0 Å². The van der Waals surface area contributed by atoms with Crippen LogP contribution in [0.15, 0.2) is 42.5 Å². The molecule has 0 saturated carbocycles. The lowest BCUT2D eigenvalue weighted by Crippen LogP contribution is -2.30. The van der Waals surface area contributed by atoms with Gasteiger partial charge in [-0.2, -0.15) is 0 Å². The molecule has 0 saturated heterocycles. The van der Waals surface area contributed by atoms with Gasteiger partial charge in [0.1, 0.15) is 12.4 Å². The Morgan fingerprint density at radius 2 is 1.62 bits per heavy atom. The summed E-state index contributed by atoms with van der Waals surface area (Å²) >= 11 is 5.84. The standard InChI is InChI=1S/C20H24ClNO4/c1-4-24-18-11-6-15(14-19(18)25-5-2)20(23)22(3)12-13-26-17-9-7-16(21)8-10-17/h6-11,14H,4-5,12-13H2,1-3H3. The van der Waals surface area contributed by atoms with Gasteiger partial charge >= 0.3 is 0 Å². The lowest BCUT2D eigenvalue weighted by atomic mass is 10.1. The maximum atomic E-state index is 12.6. The van der Waals surface area contributed by atoms with Gasteiger partial charge in [0, 0.05) is 17.6 Å². The van der Waals surface area contributed by atoms with E-state index in [1.165, 1.54) is 0 Å². The molecule has 2 aromatic carbocycles. The highest BCUT2D eigenvalue weighted by Gasteiger charge is 2.15. The summed E-state index contributed by atoms with van der Waals surface area (Å²) in [6.07, 6.45) is 0. The number of carbonyl (C=O) groups is 1. The fraction of sp³-hybridized carbons (Fsp3) is 0.350. The third kappa shape index (κ3) is 5.56. The number of likely N-dealkylation sites (N-methyl/N-ethyl adjacent to an activating group) is 1. The Bertz CT molecular complexity index is 718. The Hall–Kier alpha value is -2.40. The van der Waals surface area contributed by atoms with Crippen LogP contribution in [0.1, 0.15) is 24.2 Å². The second kappa shape index (κ2) is 9.92. The van der Waals surface area contributed by atoms with Crippen molar-refractivity contribution in [3.8, 4) is 17.2 Å². The summed E-state index contributed by atoms with van der Waals surface area (Å²) in [6, 6.07) is 12.3. The van der Waals surface area contributed by atoms with Gasteiger partial charge in [-0.25, -0.2) is 0 Å². The maximum absolute atomic E-state index is 12.6. The van der Waals surface area contributed by atoms with Crippen LogP contribution in [-0.2, 0) is 0 Å². The molecular weight excluding hydrogens is 354 g/mol. The van der Waals surface area contributed by atoms with Gasteiger partial charge in [-0.3, -0.25) is 4.79 Å². The van der Waals surface area contributed by atoms with Gasteiger partial charge in [-0.05, 0) is 56.3 Å². The van der Waals surface area contributed by atoms with E-state index in [9.17, 15) is 4.79 Å². The number of amides is 1. The smallest absolute Gasteiger partial charge is 0.253 e. The fourth-order valence-corrected chi connectivity index (χ4v) is 2.46. The molecule has 0 aromatic heterocycles. The highest BCUT2D eigenvalue weighted by Crippen LogP contribution is 2.29. The monoisotopic (exact) mass is 377 g/mol. The minimum Gasteiger partial charge on any atom is -0.492 e. The van der Waals surface area contributed by atoms with Crippen molar-refractivity contribution in [2.24, 2.45) is 0 Å². The zero-order valence-electron chi connectivity index (χ0n) is 15.3. The van der Waals surface area contributed by atoms with Crippen molar-refractivity contribution >= 4 is 17.5 Å². The van der Waals surface area contributed by atoms with Crippen LogP contribution < -0.4 is 14.2 Å².